The molecule has 0 bridgehead atoms. The van der Waals surface area contributed by atoms with Crippen LogP contribution in [0.15, 0.2) is 41.0 Å². The van der Waals surface area contributed by atoms with E-state index in [1.54, 1.807) is 18.0 Å². The number of amides is 1. The second kappa shape index (κ2) is 9.42. The molecule has 1 aromatic heterocycles. The van der Waals surface area contributed by atoms with E-state index in [4.69, 9.17) is 9.15 Å². The predicted molar refractivity (Wildman–Crippen MR) is 98.6 cm³/mol. The zero-order valence-electron chi connectivity index (χ0n) is 14.5. The predicted octanol–water partition coefficient (Wildman–Crippen LogP) is 4.28. The van der Waals surface area contributed by atoms with Crippen molar-refractivity contribution in [3.63, 3.8) is 0 Å². The van der Waals surface area contributed by atoms with Gasteiger partial charge in [0.05, 0.1) is 24.7 Å². The summed E-state index contributed by atoms with van der Waals surface area (Å²) in [4.78, 5) is 11.9. The first-order chi connectivity index (χ1) is 11.5. The molecule has 1 N–H and O–H groups in total. The lowest BCUT2D eigenvalue weighted by molar-refractivity contribution is -0.119. The van der Waals surface area contributed by atoms with E-state index in [2.05, 4.69) is 25.2 Å². The molecule has 0 saturated heterocycles. The molecule has 0 spiro atoms. The van der Waals surface area contributed by atoms with Gasteiger partial charge >= 0.3 is 0 Å². The Morgan fingerprint density at radius 3 is 2.71 bits per heavy atom. The van der Waals surface area contributed by atoms with Crippen molar-refractivity contribution < 1.29 is 13.9 Å². The second-order valence-electron chi connectivity index (χ2n) is 5.88. The van der Waals surface area contributed by atoms with Crippen molar-refractivity contribution in [3.05, 3.63) is 53.5 Å². The maximum atomic E-state index is 11.9. The molecule has 1 heterocycles. The van der Waals surface area contributed by atoms with Crippen molar-refractivity contribution in [2.75, 3.05) is 18.1 Å². The number of ether oxygens (including phenoxy) is 1. The summed E-state index contributed by atoms with van der Waals surface area (Å²) in [5.74, 6) is 3.07. The van der Waals surface area contributed by atoms with E-state index in [0.29, 0.717) is 12.4 Å². The maximum Gasteiger partial charge on any atom is 0.230 e. The van der Waals surface area contributed by atoms with E-state index in [-0.39, 0.29) is 11.9 Å². The third kappa shape index (κ3) is 6.32. The van der Waals surface area contributed by atoms with Crippen LogP contribution in [-0.4, -0.2) is 24.0 Å². The molecule has 2 rings (SSSR count). The number of hydrogen-bond donors (Lipinski definition) is 1. The molecular formula is C19H25NO3S. The number of carbonyl (C=O) groups is 1. The summed E-state index contributed by atoms with van der Waals surface area (Å²) >= 11 is 1.62. The minimum Gasteiger partial charge on any atom is -0.494 e. The van der Waals surface area contributed by atoms with Crippen molar-refractivity contribution in [3.8, 4) is 5.75 Å². The van der Waals surface area contributed by atoms with Gasteiger partial charge < -0.3 is 14.5 Å². The highest BCUT2D eigenvalue weighted by molar-refractivity contribution is 7.99. The third-order valence-corrected chi connectivity index (χ3v) is 4.52. The van der Waals surface area contributed by atoms with Crippen LogP contribution in [0.5, 0.6) is 5.75 Å². The summed E-state index contributed by atoms with van der Waals surface area (Å²) in [6.07, 6.45) is 2.53. The van der Waals surface area contributed by atoms with Crippen LogP contribution in [0.1, 0.15) is 36.3 Å². The van der Waals surface area contributed by atoms with Gasteiger partial charge in [-0.15, -0.1) is 0 Å². The van der Waals surface area contributed by atoms with Crippen molar-refractivity contribution in [1.82, 2.24) is 5.32 Å². The highest BCUT2D eigenvalue weighted by atomic mass is 32.2. The van der Waals surface area contributed by atoms with E-state index in [9.17, 15) is 4.79 Å². The van der Waals surface area contributed by atoms with Gasteiger partial charge in [0.1, 0.15) is 11.5 Å². The van der Waals surface area contributed by atoms with Gasteiger partial charge in [0.2, 0.25) is 5.91 Å². The van der Waals surface area contributed by atoms with E-state index < -0.39 is 0 Å². The molecule has 1 atom stereocenters. The van der Waals surface area contributed by atoms with Crippen LogP contribution in [0.3, 0.4) is 0 Å². The first kappa shape index (κ1) is 18.5. The van der Waals surface area contributed by atoms with Crippen molar-refractivity contribution in [2.24, 2.45) is 0 Å². The Bertz CT molecular complexity index is 620. The lowest BCUT2D eigenvalue weighted by Crippen LogP contribution is -2.28. The van der Waals surface area contributed by atoms with E-state index in [1.807, 2.05) is 31.2 Å². The molecule has 0 saturated carbocycles. The fourth-order valence-electron chi connectivity index (χ4n) is 2.42. The molecule has 0 radical (unpaired) electrons. The topological polar surface area (TPSA) is 51.5 Å². The Balaban J connectivity index is 1.57. The minimum atomic E-state index is -0.0963. The molecular weight excluding hydrogens is 322 g/mol. The Labute approximate surface area is 148 Å². The molecule has 130 valence electrons. The first-order valence-corrected chi connectivity index (χ1v) is 9.31. The zero-order chi connectivity index (χ0) is 17.4. The number of hydrogen-bond acceptors (Lipinski definition) is 4. The van der Waals surface area contributed by atoms with Crippen LogP contribution in [0.25, 0.3) is 0 Å². The fraction of sp³-hybridized carbons (Fsp3) is 0.421. The van der Waals surface area contributed by atoms with Gasteiger partial charge in [-0.25, -0.2) is 0 Å². The molecule has 0 aliphatic carbocycles. The number of nitrogens with one attached hydrogen (secondary N) is 1. The number of carbonyl (C=O) groups excluding carboxylic acids is 1. The summed E-state index contributed by atoms with van der Waals surface area (Å²) in [7, 11) is 0. The Morgan fingerprint density at radius 2 is 2.04 bits per heavy atom. The van der Waals surface area contributed by atoms with Crippen LogP contribution >= 0.6 is 11.8 Å². The SMILES string of the molecule is Cc1cc(C)cc(OCCCSCC(=O)NC(C)c2ccco2)c1. The quantitative estimate of drug-likeness (QED) is 0.688. The Morgan fingerprint density at radius 1 is 1.29 bits per heavy atom. The number of benzene rings is 1. The molecule has 0 aliphatic heterocycles. The average Bonchev–Trinajstić information content (AvgIpc) is 3.04. The maximum absolute atomic E-state index is 11.9. The van der Waals surface area contributed by atoms with Crippen molar-refractivity contribution in [1.29, 1.82) is 0 Å². The minimum absolute atomic E-state index is 0.0270. The largest absolute Gasteiger partial charge is 0.494 e. The highest BCUT2D eigenvalue weighted by Crippen LogP contribution is 2.17. The lowest BCUT2D eigenvalue weighted by atomic mass is 10.1. The molecule has 1 amide bonds. The van der Waals surface area contributed by atoms with E-state index >= 15 is 0 Å². The van der Waals surface area contributed by atoms with Crippen LogP contribution in [-0.2, 0) is 4.79 Å². The molecule has 24 heavy (non-hydrogen) atoms. The summed E-state index contributed by atoms with van der Waals surface area (Å²) < 4.78 is 11.0. The summed E-state index contributed by atoms with van der Waals surface area (Å²) in [5, 5.41) is 2.93. The van der Waals surface area contributed by atoms with Gasteiger partial charge in [-0.3, -0.25) is 4.79 Å². The molecule has 5 heteroatoms. The molecule has 1 unspecified atom stereocenters. The number of furan rings is 1. The third-order valence-electron chi connectivity index (χ3n) is 3.48. The number of rotatable bonds is 9. The van der Waals surface area contributed by atoms with Gasteiger partial charge in [-0.1, -0.05) is 6.07 Å². The molecule has 0 fully saturated rings. The summed E-state index contributed by atoms with van der Waals surface area (Å²) in [6.45, 7) is 6.72. The highest BCUT2D eigenvalue weighted by Gasteiger charge is 2.11. The van der Waals surface area contributed by atoms with Gasteiger partial charge in [0, 0.05) is 0 Å². The fourth-order valence-corrected chi connectivity index (χ4v) is 3.16. The average molecular weight is 347 g/mol. The molecule has 1 aromatic carbocycles. The monoisotopic (exact) mass is 347 g/mol. The van der Waals surface area contributed by atoms with Gasteiger partial charge in [-0.05, 0) is 68.3 Å². The van der Waals surface area contributed by atoms with Gasteiger partial charge in [0.15, 0.2) is 0 Å². The van der Waals surface area contributed by atoms with E-state index in [0.717, 1.165) is 23.7 Å². The van der Waals surface area contributed by atoms with Crippen molar-refractivity contribution in [2.45, 2.75) is 33.2 Å². The van der Waals surface area contributed by atoms with E-state index in [1.165, 1.54) is 11.1 Å². The first-order valence-electron chi connectivity index (χ1n) is 8.16. The standard InChI is InChI=1S/C19H25NO3S/c1-14-10-15(2)12-17(11-14)22-8-5-9-24-13-19(21)20-16(3)18-6-4-7-23-18/h4,6-7,10-12,16H,5,8-9,13H2,1-3H3,(H,20,21). The molecule has 2 aromatic rings. The van der Waals surface area contributed by atoms with Crippen molar-refractivity contribution >= 4 is 17.7 Å². The Hall–Kier alpha value is -1.88. The normalized spacial score (nSPS) is 12.0. The molecule has 0 aliphatic rings. The van der Waals surface area contributed by atoms with Crippen LogP contribution < -0.4 is 10.1 Å². The van der Waals surface area contributed by atoms with Crippen LogP contribution in [0, 0.1) is 13.8 Å². The smallest absolute Gasteiger partial charge is 0.230 e. The number of aryl methyl sites for hydroxylation is 2. The van der Waals surface area contributed by atoms with Gasteiger partial charge in [0.25, 0.3) is 0 Å². The zero-order valence-corrected chi connectivity index (χ0v) is 15.3. The molecule has 4 nitrogen and oxygen atoms in total. The van der Waals surface area contributed by atoms with Crippen LogP contribution in [0.4, 0.5) is 0 Å². The summed E-state index contributed by atoms with van der Waals surface area (Å²) in [5.41, 5.74) is 2.42. The van der Waals surface area contributed by atoms with Gasteiger partial charge in [-0.2, -0.15) is 11.8 Å². The van der Waals surface area contributed by atoms with Crippen LogP contribution in [0.2, 0.25) is 0 Å². The lowest BCUT2D eigenvalue weighted by Gasteiger charge is -2.11. The second-order valence-corrected chi connectivity index (χ2v) is 6.99. The summed E-state index contributed by atoms with van der Waals surface area (Å²) in [6, 6.07) is 9.81. The number of thioether (sulfide) groups is 1. The Kier molecular flexibility index (Phi) is 7.25.